The van der Waals surface area contributed by atoms with Gasteiger partial charge in [-0.2, -0.15) is 0 Å². The fourth-order valence-corrected chi connectivity index (χ4v) is 9.36. The van der Waals surface area contributed by atoms with Gasteiger partial charge in [-0.05, 0) is 81.5 Å². The summed E-state index contributed by atoms with van der Waals surface area (Å²) < 4.78 is 13.1. The van der Waals surface area contributed by atoms with Crippen molar-refractivity contribution in [1.29, 1.82) is 0 Å². The van der Waals surface area contributed by atoms with Gasteiger partial charge in [-0.1, -0.05) is 122 Å². The van der Waals surface area contributed by atoms with Gasteiger partial charge in [-0.15, -0.1) is 0 Å². The third-order valence-electron chi connectivity index (χ3n) is 11.8. The summed E-state index contributed by atoms with van der Waals surface area (Å²) in [6.45, 7) is 4.70. The van der Waals surface area contributed by atoms with Crippen LogP contribution in [-0.2, 0) is 5.41 Å². The van der Waals surface area contributed by atoms with E-state index in [1.165, 1.54) is 38.8 Å². The Balaban J connectivity index is 1.19. The maximum atomic E-state index is 6.81. The van der Waals surface area contributed by atoms with Crippen LogP contribution < -0.4 is 21.1 Å². The fraction of sp³-hybridized carbons (Fsp3) is 0.0612. The largest absolute Gasteiger partial charge is 0.456 e. The standard InChI is InChI=1S/C49H32BN2O2/c1-49(2)34-17-7-8-21-39(34)52-47-35(49)18-11-19-36(47)50-46-33(27-43-45(48(46)52)31-16-6-10-23-41(31)54-43)32-25-28-13-3-4-14-29(28)26-38(32)51-37-20-12-24-42-44(37)30-15-5-9-22-40(30)53-42/h3-27,51H,1-2H3. The molecule has 8 aromatic carbocycles. The predicted molar refractivity (Wildman–Crippen MR) is 225 cm³/mol. The SMILES string of the molecule is CC1(C)c2ccccc2N2c3c(cccc31)[B]c1c(-c3cc4ccccc4cc3Nc3cccc4oc5ccccc5c34)cc3oc4ccccc4c3c12. The number of anilines is 5. The van der Waals surface area contributed by atoms with Crippen molar-refractivity contribution in [1.82, 2.24) is 0 Å². The summed E-state index contributed by atoms with van der Waals surface area (Å²) in [6.07, 6.45) is 0. The fourth-order valence-electron chi connectivity index (χ4n) is 9.36. The minimum absolute atomic E-state index is 0.174. The van der Waals surface area contributed by atoms with E-state index >= 15 is 0 Å². The summed E-state index contributed by atoms with van der Waals surface area (Å²) in [4.78, 5) is 2.53. The van der Waals surface area contributed by atoms with Crippen molar-refractivity contribution >= 4 is 101 Å². The lowest BCUT2D eigenvalue weighted by Gasteiger charge is -2.46. The van der Waals surface area contributed by atoms with E-state index in [9.17, 15) is 0 Å². The molecule has 2 aliphatic rings. The average Bonchev–Trinajstić information content (AvgIpc) is 3.78. The van der Waals surface area contributed by atoms with Crippen LogP contribution in [0.3, 0.4) is 0 Å². The molecule has 1 N–H and O–H groups in total. The second kappa shape index (κ2) is 10.7. The summed E-state index contributed by atoms with van der Waals surface area (Å²) in [5.41, 5.74) is 16.1. The first-order valence-electron chi connectivity index (χ1n) is 18.6. The number of nitrogens with one attached hydrogen (secondary N) is 1. The molecule has 54 heavy (non-hydrogen) atoms. The van der Waals surface area contributed by atoms with Crippen LogP contribution in [0.2, 0.25) is 0 Å². The molecule has 5 heteroatoms. The molecule has 0 saturated carbocycles. The van der Waals surface area contributed by atoms with Gasteiger partial charge in [0.25, 0.3) is 0 Å². The van der Waals surface area contributed by atoms with E-state index < -0.39 is 0 Å². The molecule has 4 heterocycles. The van der Waals surface area contributed by atoms with Crippen molar-refractivity contribution in [3.8, 4) is 11.1 Å². The molecule has 2 aromatic heterocycles. The molecule has 1 radical (unpaired) electrons. The van der Waals surface area contributed by atoms with Gasteiger partial charge in [-0.3, -0.25) is 0 Å². The van der Waals surface area contributed by atoms with Gasteiger partial charge in [0.15, 0.2) is 7.28 Å². The summed E-state index contributed by atoms with van der Waals surface area (Å²) in [7, 11) is 2.41. The predicted octanol–water partition coefficient (Wildman–Crippen LogP) is 12.1. The third kappa shape index (κ3) is 3.99. The van der Waals surface area contributed by atoms with E-state index in [-0.39, 0.29) is 5.41 Å². The Morgan fingerprint density at radius 1 is 0.519 bits per heavy atom. The molecular formula is C49H32BN2O2. The van der Waals surface area contributed by atoms with Crippen molar-refractivity contribution in [3.05, 3.63) is 163 Å². The molecule has 0 spiro atoms. The Morgan fingerprint density at radius 2 is 1.17 bits per heavy atom. The minimum atomic E-state index is -0.174. The third-order valence-corrected chi connectivity index (χ3v) is 11.8. The van der Waals surface area contributed by atoms with Gasteiger partial charge >= 0.3 is 0 Å². The zero-order valence-corrected chi connectivity index (χ0v) is 29.8. The highest BCUT2D eigenvalue weighted by Crippen LogP contribution is 2.54. The number of benzene rings is 8. The Hall–Kier alpha value is -6.72. The van der Waals surface area contributed by atoms with Crippen LogP contribution in [0.4, 0.5) is 28.4 Å². The molecule has 0 fully saturated rings. The maximum Gasteiger partial charge on any atom is 0.197 e. The quantitative estimate of drug-likeness (QED) is 0.187. The zero-order chi connectivity index (χ0) is 35.7. The first kappa shape index (κ1) is 29.8. The highest BCUT2D eigenvalue weighted by molar-refractivity contribution is 6.74. The number of para-hydroxylation sites is 4. The van der Waals surface area contributed by atoms with Gasteiger partial charge in [0, 0.05) is 33.1 Å². The van der Waals surface area contributed by atoms with Gasteiger partial charge in [0.1, 0.15) is 22.3 Å². The molecule has 0 bridgehead atoms. The Labute approximate surface area is 312 Å². The van der Waals surface area contributed by atoms with E-state index in [1.54, 1.807) is 0 Å². The van der Waals surface area contributed by atoms with Crippen molar-refractivity contribution in [2.75, 3.05) is 10.2 Å². The summed E-state index contributed by atoms with van der Waals surface area (Å²) >= 11 is 0. The van der Waals surface area contributed by atoms with E-state index in [1.807, 2.05) is 18.2 Å². The Kier molecular flexibility index (Phi) is 5.90. The molecule has 0 unspecified atom stereocenters. The molecule has 4 nitrogen and oxygen atoms in total. The summed E-state index contributed by atoms with van der Waals surface area (Å²) in [5.74, 6) is 0. The lowest BCUT2D eigenvalue weighted by molar-refractivity contribution is 0.632. The van der Waals surface area contributed by atoms with E-state index in [2.05, 4.69) is 165 Å². The number of nitrogens with zero attached hydrogens (tertiary/aromatic N) is 1. The molecule has 10 aromatic rings. The monoisotopic (exact) mass is 691 g/mol. The Bertz CT molecular complexity index is 3220. The van der Waals surface area contributed by atoms with Gasteiger partial charge in [0.05, 0.1) is 27.8 Å². The molecule has 0 aliphatic carbocycles. The van der Waals surface area contributed by atoms with Crippen LogP contribution in [-0.4, -0.2) is 7.28 Å². The highest BCUT2D eigenvalue weighted by atomic mass is 16.3. The molecule has 2 aliphatic heterocycles. The summed E-state index contributed by atoms with van der Waals surface area (Å²) in [5, 5.41) is 10.7. The lowest BCUT2D eigenvalue weighted by atomic mass is 9.55. The lowest BCUT2D eigenvalue weighted by Crippen LogP contribution is -2.45. The number of furan rings is 2. The summed E-state index contributed by atoms with van der Waals surface area (Å²) in [6, 6.07) is 54.2. The molecule has 0 saturated heterocycles. The van der Waals surface area contributed by atoms with Gasteiger partial charge in [-0.25, -0.2) is 0 Å². The van der Waals surface area contributed by atoms with E-state index in [0.29, 0.717) is 0 Å². The van der Waals surface area contributed by atoms with Crippen LogP contribution in [0.5, 0.6) is 0 Å². The first-order chi connectivity index (χ1) is 26.5. The van der Waals surface area contributed by atoms with Crippen LogP contribution in [0.1, 0.15) is 25.0 Å². The Morgan fingerprint density at radius 3 is 2.00 bits per heavy atom. The first-order valence-corrected chi connectivity index (χ1v) is 18.6. The molecule has 0 amide bonds. The normalized spacial score (nSPS) is 14.0. The minimum Gasteiger partial charge on any atom is -0.456 e. The number of fused-ring (bicyclic) bond motifs is 12. The smallest absolute Gasteiger partial charge is 0.197 e. The maximum absolute atomic E-state index is 6.81. The van der Waals surface area contributed by atoms with Crippen molar-refractivity contribution < 1.29 is 8.83 Å². The van der Waals surface area contributed by atoms with E-state index in [4.69, 9.17) is 8.83 Å². The van der Waals surface area contributed by atoms with Crippen molar-refractivity contribution in [2.24, 2.45) is 0 Å². The van der Waals surface area contributed by atoms with Crippen LogP contribution in [0, 0.1) is 0 Å². The van der Waals surface area contributed by atoms with Gasteiger partial charge in [0.2, 0.25) is 0 Å². The number of hydrogen-bond acceptors (Lipinski definition) is 4. The molecule has 253 valence electrons. The van der Waals surface area contributed by atoms with Crippen LogP contribution >= 0.6 is 0 Å². The topological polar surface area (TPSA) is 41.5 Å². The molecular weight excluding hydrogens is 659 g/mol. The number of hydrogen-bond donors (Lipinski definition) is 1. The van der Waals surface area contributed by atoms with E-state index in [0.717, 1.165) is 77.5 Å². The van der Waals surface area contributed by atoms with Gasteiger partial charge < -0.3 is 19.1 Å². The van der Waals surface area contributed by atoms with Crippen molar-refractivity contribution in [2.45, 2.75) is 19.3 Å². The molecule has 0 atom stereocenters. The zero-order valence-electron chi connectivity index (χ0n) is 29.8. The average molecular weight is 692 g/mol. The second-order valence-corrected chi connectivity index (χ2v) is 15.2. The van der Waals surface area contributed by atoms with Crippen molar-refractivity contribution in [3.63, 3.8) is 0 Å². The van der Waals surface area contributed by atoms with Crippen LogP contribution in [0.25, 0.3) is 65.8 Å². The number of rotatable bonds is 3. The van der Waals surface area contributed by atoms with Crippen LogP contribution in [0.15, 0.2) is 160 Å². The molecule has 12 rings (SSSR count). The highest BCUT2D eigenvalue weighted by Gasteiger charge is 2.42. The second-order valence-electron chi connectivity index (χ2n) is 15.2.